The summed E-state index contributed by atoms with van der Waals surface area (Å²) in [5.74, 6) is -0.196. The van der Waals surface area contributed by atoms with Crippen LogP contribution in [0.25, 0.3) is 10.9 Å². The van der Waals surface area contributed by atoms with Gasteiger partial charge in [-0.1, -0.05) is 0 Å². The van der Waals surface area contributed by atoms with E-state index in [1.165, 1.54) is 0 Å². The van der Waals surface area contributed by atoms with Gasteiger partial charge in [-0.15, -0.1) is 0 Å². The molecule has 2 rings (SSSR count). The fourth-order valence-corrected chi connectivity index (χ4v) is 1.61. The fraction of sp³-hybridized carbons (Fsp3) is 0.250. The summed E-state index contributed by atoms with van der Waals surface area (Å²) in [7, 11) is 0. The van der Waals surface area contributed by atoms with E-state index in [1.54, 1.807) is 25.1 Å². The van der Waals surface area contributed by atoms with Gasteiger partial charge >= 0.3 is 5.97 Å². The third-order valence-electron chi connectivity index (χ3n) is 2.43. The average Bonchev–Trinajstić information content (AvgIpc) is 2.38. The minimum Gasteiger partial charge on any atom is -0.465 e. The van der Waals surface area contributed by atoms with E-state index in [4.69, 9.17) is 10.5 Å². The van der Waals surface area contributed by atoms with Gasteiger partial charge in [0.15, 0.2) is 0 Å². The Balaban J connectivity index is 2.24. The van der Waals surface area contributed by atoms with Crippen LogP contribution in [0.5, 0.6) is 0 Å². The Morgan fingerprint density at radius 1 is 1.53 bits per heavy atom. The molecule has 1 heterocycles. The van der Waals surface area contributed by atoms with Crippen LogP contribution < -0.4 is 16.6 Å². The highest BCUT2D eigenvalue weighted by Gasteiger charge is 2.06. The van der Waals surface area contributed by atoms with Crippen molar-refractivity contribution in [1.29, 1.82) is 0 Å². The molecule has 0 bridgehead atoms. The van der Waals surface area contributed by atoms with Gasteiger partial charge in [-0.3, -0.25) is 14.6 Å². The molecule has 0 atom stereocenters. The zero-order chi connectivity index (χ0) is 13.8. The first kappa shape index (κ1) is 12.9. The smallest absolute Gasteiger partial charge is 0.325 e. The first-order valence-electron chi connectivity index (χ1n) is 5.79. The molecule has 2 aromatic rings. The highest BCUT2D eigenvalue weighted by molar-refractivity contribution is 5.82. The molecule has 0 spiro atoms. The number of carbonyl (C=O) groups is 1. The maximum absolute atomic E-state index is 11.8. The third-order valence-corrected chi connectivity index (χ3v) is 2.43. The van der Waals surface area contributed by atoms with Crippen molar-refractivity contribution >= 4 is 28.5 Å². The lowest BCUT2D eigenvalue weighted by molar-refractivity contribution is -0.140. The lowest BCUT2D eigenvalue weighted by atomic mass is 10.2. The number of esters is 1. The van der Waals surface area contributed by atoms with Crippen molar-refractivity contribution in [2.24, 2.45) is 0 Å². The number of aromatic nitrogens is 2. The van der Waals surface area contributed by atoms with Crippen molar-refractivity contribution in [3.8, 4) is 0 Å². The third kappa shape index (κ3) is 3.01. The number of nitrogens with two attached hydrogens (primary N) is 1. The predicted molar refractivity (Wildman–Crippen MR) is 71.9 cm³/mol. The maximum Gasteiger partial charge on any atom is 0.325 e. The van der Waals surface area contributed by atoms with Crippen molar-refractivity contribution in [2.75, 3.05) is 24.2 Å². The number of nitrogens with one attached hydrogen (secondary N) is 2. The number of aromatic amines is 1. The summed E-state index contributed by atoms with van der Waals surface area (Å²) in [6.45, 7) is 1.97. The molecule has 0 amide bonds. The number of nitrogen functional groups attached to an aromatic ring is 1. The molecular weight excluding hydrogens is 248 g/mol. The van der Waals surface area contributed by atoms with Gasteiger partial charge in [-0.25, -0.2) is 4.98 Å². The van der Waals surface area contributed by atoms with Crippen molar-refractivity contribution in [3.63, 3.8) is 0 Å². The zero-order valence-electron chi connectivity index (χ0n) is 10.4. The number of ether oxygens (including phenoxy) is 1. The Kier molecular flexibility index (Phi) is 3.65. The number of carbonyl (C=O) groups excluding carboxylic acids is 1. The van der Waals surface area contributed by atoms with E-state index in [0.29, 0.717) is 23.2 Å². The molecule has 7 nitrogen and oxygen atoms in total. The highest BCUT2D eigenvalue weighted by atomic mass is 16.5. The quantitative estimate of drug-likeness (QED) is 0.546. The SMILES string of the molecule is CCOC(=O)CNc1nc2ccc(N)cc2c(=O)[nH]1. The second kappa shape index (κ2) is 5.38. The Morgan fingerprint density at radius 2 is 2.32 bits per heavy atom. The van der Waals surface area contributed by atoms with Crippen molar-refractivity contribution in [1.82, 2.24) is 9.97 Å². The number of rotatable bonds is 4. The van der Waals surface area contributed by atoms with Crippen molar-refractivity contribution in [2.45, 2.75) is 6.92 Å². The molecule has 100 valence electrons. The van der Waals surface area contributed by atoms with E-state index in [9.17, 15) is 9.59 Å². The van der Waals surface area contributed by atoms with E-state index in [0.717, 1.165) is 0 Å². The molecule has 0 saturated carbocycles. The Labute approximate surface area is 108 Å². The largest absolute Gasteiger partial charge is 0.465 e. The lowest BCUT2D eigenvalue weighted by Gasteiger charge is -2.06. The first-order chi connectivity index (χ1) is 9.10. The van der Waals surface area contributed by atoms with E-state index in [-0.39, 0.29) is 18.1 Å². The average molecular weight is 262 g/mol. The number of H-pyrrole nitrogens is 1. The van der Waals surface area contributed by atoms with Gasteiger partial charge in [-0.2, -0.15) is 0 Å². The molecule has 1 aromatic heterocycles. The molecule has 7 heteroatoms. The summed E-state index contributed by atoms with van der Waals surface area (Å²) < 4.78 is 4.76. The van der Waals surface area contributed by atoms with Crippen LogP contribution in [0.2, 0.25) is 0 Å². The number of fused-ring (bicyclic) bond motifs is 1. The molecule has 0 fully saturated rings. The highest BCUT2D eigenvalue weighted by Crippen LogP contribution is 2.12. The molecule has 0 saturated heterocycles. The predicted octanol–water partition coefficient (Wildman–Crippen LogP) is 0.480. The second-order valence-corrected chi connectivity index (χ2v) is 3.85. The van der Waals surface area contributed by atoms with Gasteiger partial charge in [0.05, 0.1) is 17.5 Å². The molecule has 0 aliphatic heterocycles. The standard InChI is InChI=1S/C12H14N4O3/c1-2-19-10(17)6-14-12-15-9-4-3-7(13)5-8(9)11(18)16-12/h3-5H,2,6,13H2,1H3,(H2,14,15,16,18). The summed E-state index contributed by atoms with van der Waals surface area (Å²) in [5.41, 5.74) is 6.29. The van der Waals surface area contributed by atoms with Crippen LogP contribution in [0.1, 0.15) is 6.92 Å². The molecule has 0 radical (unpaired) electrons. The molecule has 19 heavy (non-hydrogen) atoms. The maximum atomic E-state index is 11.8. The van der Waals surface area contributed by atoms with Crippen LogP contribution in [-0.4, -0.2) is 29.1 Å². The summed E-state index contributed by atoms with van der Waals surface area (Å²) in [4.78, 5) is 29.7. The minimum atomic E-state index is -0.414. The number of hydrogen-bond donors (Lipinski definition) is 3. The lowest BCUT2D eigenvalue weighted by Crippen LogP contribution is -2.20. The second-order valence-electron chi connectivity index (χ2n) is 3.85. The van der Waals surface area contributed by atoms with Crippen molar-refractivity contribution < 1.29 is 9.53 Å². The van der Waals surface area contributed by atoms with Crippen LogP contribution in [0, 0.1) is 0 Å². The van der Waals surface area contributed by atoms with Crippen LogP contribution >= 0.6 is 0 Å². The van der Waals surface area contributed by atoms with Crippen LogP contribution in [0.15, 0.2) is 23.0 Å². The Hall–Kier alpha value is -2.57. The molecule has 0 aliphatic carbocycles. The molecule has 0 aliphatic rings. The summed E-state index contributed by atoms with van der Waals surface area (Å²) >= 11 is 0. The van der Waals surface area contributed by atoms with Gasteiger partial charge in [0.1, 0.15) is 6.54 Å². The number of anilines is 2. The topological polar surface area (TPSA) is 110 Å². The monoisotopic (exact) mass is 262 g/mol. The first-order valence-corrected chi connectivity index (χ1v) is 5.79. The van der Waals surface area contributed by atoms with Gasteiger partial charge in [0, 0.05) is 5.69 Å². The zero-order valence-corrected chi connectivity index (χ0v) is 10.4. The van der Waals surface area contributed by atoms with E-state index >= 15 is 0 Å². The number of benzene rings is 1. The van der Waals surface area contributed by atoms with Gasteiger partial charge in [-0.05, 0) is 25.1 Å². The van der Waals surface area contributed by atoms with E-state index < -0.39 is 5.97 Å². The fourth-order valence-electron chi connectivity index (χ4n) is 1.61. The van der Waals surface area contributed by atoms with E-state index in [1.807, 2.05) is 0 Å². The molecule has 4 N–H and O–H groups in total. The number of hydrogen-bond acceptors (Lipinski definition) is 6. The van der Waals surface area contributed by atoms with Gasteiger partial charge < -0.3 is 15.8 Å². The molecule has 1 aromatic carbocycles. The van der Waals surface area contributed by atoms with E-state index in [2.05, 4.69) is 15.3 Å². The van der Waals surface area contributed by atoms with Gasteiger partial charge in [0.25, 0.3) is 5.56 Å². The summed E-state index contributed by atoms with van der Waals surface area (Å²) in [5, 5.41) is 3.11. The van der Waals surface area contributed by atoms with Crippen LogP contribution in [-0.2, 0) is 9.53 Å². The molecular formula is C12H14N4O3. The molecule has 0 unspecified atom stereocenters. The summed E-state index contributed by atoms with van der Waals surface area (Å²) in [6, 6.07) is 4.86. The Morgan fingerprint density at radius 3 is 3.05 bits per heavy atom. The normalized spacial score (nSPS) is 10.4. The van der Waals surface area contributed by atoms with Crippen LogP contribution in [0.4, 0.5) is 11.6 Å². The van der Waals surface area contributed by atoms with Gasteiger partial charge in [0.2, 0.25) is 5.95 Å². The van der Waals surface area contributed by atoms with Crippen molar-refractivity contribution in [3.05, 3.63) is 28.6 Å². The summed E-state index contributed by atoms with van der Waals surface area (Å²) in [6.07, 6.45) is 0. The minimum absolute atomic E-state index is 0.0583. The van der Waals surface area contributed by atoms with Crippen LogP contribution in [0.3, 0.4) is 0 Å². The number of nitrogens with zero attached hydrogens (tertiary/aromatic N) is 1. The Bertz CT molecular complexity index is 666.